The number of alkyl halides is 2. The van der Waals surface area contributed by atoms with E-state index in [1.54, 1.807) is 6.20 Å². The van der Waals surface area contributed by atoms with Gasteiger partial charge in [-0.3, -0.25) is 0 Å². The van der Waals surface area contributed by atoms with Crippen molar-refractivity contribution in [3.8, 4) is 0 Å². The zero-order chi connectivity index (χ0) is 12.4. The third-order valence-corrected chi connectivity index (χ3v) is 3.15. The maximum atomic E-state index is 12.3. The van der Waals surface area contributed by atoms with E-state index < -0.39 is 6.43 Å². The van der Waals surface area contributed by atoms with E-state index in [0.29, 0.717) is 0 Å². The normalized spacial score (nSPS) is 23.5. The smallest absolute Gasteiger partial charge is 0.257 e. The first-order valence-electron chi connectivity index (χ1n) is 5.71. The highest BCUT2D eigenvalue weighted by atomic mass is 35.5. The van der Waals surface area contributed by atoms with Crippen molar-refractivity contribution < 1.29 is 8.78 Å². The van der Waals surface area contributed by atoms with Gasteiger partial charge in [-0.05, 0) is 23.6 Å². The fourth-order valence-electron chi connectivity index (χ4n) is 2.05. The van der Waals surface area contributed by atoms with Gasteiger partial charge in [-0.2, -0.15) is 0 Å². The van der Waals surface area contributed by atoms with E-state index in [2.05, 4.69) is 12.3 Å². The van der Waals surface area contributed by atoms with Crippen molar-refractivity contribution in [3.05, 3.63) is 34.5 Å². The summed E-state index contributed by atoms with van der Waals surface area (Å²) in [7, 11) is 0. The highest BCUT2D eigenvalue weighted by Gasteiger charge is 2.26. The minimum atomic E-state index is -2.35. The van der Waals surface area contributed by atoms with Crippen molar-refractivity contribution in [1.29, 1.82) is 0 Å². The molecule has 0 aromatic heterocycles. The molecule has 1 aliphatic heterocycles. The first-order chi connectivity index (χ1) is 8.10. The molecule has 0 amide bonds. The Labute approximate surface area is 105 Å². The van der Waals surface area contributed by atoms with Gasteiger partial charge in [-0.1, -0.05) is 31.0 Å². The van der Waals surface area contributed by atoms with Gasteiger partial charge in [-0.15, -0.1) is 0 Å². The molecule has 94 valence electrons. The largest absolute Gasteiger partial charge is 0.309 e. The van der Waals surface area contributed by atoms with Crippen LogP contribution >= 0.6 is 11.6 Å². The molecule has 0 aromatic rings. The summed E-state index contributed by atoms with van der Waals surface area (Å²) in [4.78, 5) is 0. The molecular weight excluding hydrogens is 246 g/mol. The Balaban J connectivity index is 2.12. The molecule has 17 heavy (non-hydrogen) atoms. The highest BCUT2D eigenvalue weighted by molar-refractivity contribution is 6.32. The number of hydrogen-bond acceptors (Lipinski definition) is 2. The van der Waals surface area contributed by atoms with Gasteiger partial charge >= 0.3 is 0 Å². The van der Waals surface area contributed by atoms with Gasteiger partial charge in [-0.25, -0.2) is 14.2 Å². The van der Waals surface area contributed by atoms with Gasteiger partial charge in [0.1, 0.15) is 0 Å². The van der Waals surface area contributed by atoms with Gasteiger partial charge in [0.05, 0.1) is 12.6 Å². The molecule has 1 aliphatic carbocycles. The molecule has 2 nitrogen and oxygen atoms in total. The van der Waals surface area contributed by atoms with Crippen LogP contribution in [0.1, 0.15) is 19.8 Å². The second kappa shape index (κ2) is 5.19. The van der Waals surface area contributed by atoms with Crippen LogP contribution in [0.4, 0.5) is 8.78 Å². The molecule has 0 bridgehead atoms. The average Bonchev–Trinajstić information content (AvgIpc) is 2.59. The monoisotopic (exact) mass is 260 g/mol. The number of halogens is 3. The summed E-state index contributed by atoms with van der Waals surface area (Å²) >= 11 is 6.14. The van der Waals surface area contributed by atoms with Crippen LogP contribution in [0.2, 0.25) is 0 Å². The minimum Gasteiger partial charge on any atom is -0.309 e. The van der Waals surface area contributed by atoms with E-state index >= 15 is 0 Å². The lowest BCUT2D eigenvalue weighted by Crippen LogP contribution is -2.38. The van der Waals surface area contributed by atoms with Crippen LogP contribution in [0.15, 0.2) is 34.5 Å². The van der Waals surface area contributed by atoms with Gasteiger partial charge < -0.3 is 5.01 Å². The zero-order valence-corrected chi connectivity index (χ0v) is 10.3. The predicted octanol–water partition coefficient (Wildman–Crippen LogP) is 3.19. The molecule has 0 aromatic carbocycles. The van der Waals surface area contributed by atoms with E-state index in [0.717, 1.165) is 29.0 Å². The summed E-state index contributed by atoms with van der Waals surface area (Å²) in [5, 5.41) is 2.15. The number of rotatable bonds is 4. The molecule has 2 rings (SSSR count). The van der Waals surface area contributed by atoms with Gasteiger partial charge in [0.25, 0.3) is 6.43 Å². The van der Waals surface area contributed by atoms with Crippen LogP contribution in [0.5, 0.6) is 0 Å². The third-order valence-electron chi connectivity index (χ3n) is 2.78. The molecule has 0 fully saturated rings. The fourth-order valence-corrected chi connectivity index (χ4v) is 2.32. The Hall–Kier alpha value is -0.870. The van der Waals surface area contributed by atoms with E-state index in [-0.39, 0.29) is 12.6 Å². The quantitative estimate of drug-likeness (QED) is 0.835. The Morgan fingerprint density at radius 3 is 2.94 bits per heavy atom. The highest BCUT2D eigenvalue weighted by Crippen LogP contribution is 2.31. The number of hydrogen-bond donors (Lipinski definition) is 1. The standard InChI is InChI=1S/C12H15ClF2N2/c1-2-3-8-4-9-6-17(7-12(14)15)16-11(9)5-10(8)13/h4-6,11-12,16H,2-3,7H2,1H3. The first-order valence-corrected chi connectivity index (χ1v) is 6.09. The van der Waals surface area contributed by atoms with E-state index in [1.165, 1.54) is 5.01 Å². The number of fused-ring (bicyclic) bond motifs is 1. The molecular formula is C12H15ClF2N2. The fraction of sp³-hybridized carbons (Fsp3) is 0.500. The number of hydrazine groups is 1. The molecule has 0 saturated carbocycles. The number of nitrogens with zero attached hydrogens (tertiary/aromatic N) is 1. The summed E-state index contributed by atoms with van der Waals surface area (Å²) in [6.45, 7) is 1.78. The lowest BCUT2D eigenvalue weighted by Gasteiger charge is -2.20. The Morgan fingerprint density at radius 1 is 1.53 bits per heavy atom. The Bertz CT molecular complexity index is 388. The average molecular weight is 261 g/mol. The van der Waals surface area contributed by atoms with Gasteiger partial charge in [0.15, 0.2) is 0 Å². The third kappa shape index (κ3) is 2.87. The predicted molar refractivity (Wildman–Crippen MR) is 64.6 cm³/mol. The zero-order valence-electron chi connectivity index (χ0n) is 9.59. The lowest BCUT2D eigenvalue weighted by atomic mass is 9.96. The van der Waals surface area contributed by atoms with Crippen molar-refractivity contribution in [2.75, 3.05) is 6.54 Å². The second-order valence-electron chi connectivity index (χ2n) is 4.21. The summed E-state index contributed by atoms with van der Waals surface area (Å²) in [5.74, 6) is 0. The van der Waals surface area contributed by atoms with E-state index in [1.807, 2.05) is 12.2 Å². The minimum absolute atomic E-state index is 0.0677. The Morgan fingerprint density at radius 2 is 2.29 bits per heavy atom. The lowest BCUT2D eigenvalue weighted by molar-refractivity contribution is 0.0922. The maximum absolute atomic E-state index is 12.3. The summed E-state index contributed by atoms with van der Waals surface area (Å²) in [5.41, 5.74) is 5.05. The van der Waals surface area contributed by atoms with Gasteiger partial charge in [0, 0.05) is 11.2 Å². The molecule has 0 radical (unpaired) electrons. The summed E-state index contributed by atoms with van der Waals surface area (Å²) in [6, 6.07) is -0.0677. The van der Waals surface area contributed by atoms with E-state index in [9.17, 15) is 8.78 Å². The molecule has 0 saturated heterocycles. The number of allylic oxidation sites excluding steroid dienone is 2. The first kappa shape index (κ1) is 12.6. The molecule has 1 heterocycles. The van der Waals surface area contributed by atoms with Crippen molar-refractivity contribution in [3.63, 3.8) is 0 Å². The molecule has 2 aliphatic rings. The van der Waals surface area contributed by atoms with Crippen LogP contribution in [0.3, 0.4) is 0 Å². The molecule has 1 N–H and O–H groups in total. The topological polar surface area (TPSA) is 15.3 Å². The summed E-state index contributed by atoms with van der Waals surface area (Å²) in [6.07, 6.45) is 5.18. The molecule has 5 heteroatoms. The SMILES string of the molecule is CCCC1=CC2=CN(CC(F)F)NC2C=C1Cl. The van der Waals surface area contributed by atoms with Crippen LogP contribution in [-0.2, 0) is 0 Å². The van der Waals surface area contributed by atoms with Crippen molar-refractivity contribution in [2.45, 2.75) is 32.2 Å². The maximum Gasteiger partial charge on any atom is 0.257 e. The van der Waals surface area contributed by atoms with Crippen LogP contribution in [0.25, 0.3) is 0 Å². The van der Waals surface area contributed by atoms with Gasteiger partial charge in [0.2, 0.25) is 0 Å². The summed E-state index contributed by atoms with van der Waals surface area (Å²) < 4.78 is 24.5. The van der Waals surface area contributed by atoms with E-state index in [4.69, 9.17) is 11.6 Å². The van der Waals surface area contributed by atoms with Crippen molar-refractivity contribution in [2.24, 2.45) is 0 Å². The van der Waals surface area contributed by atoms with Crippen LogP contribution in [-0.4, -0.2) is 24.0 Å². The second-order valence-corrected chi connectivity index (χ2v) is 4.62. The van der Waals surface area contributed by atoms with Crippen molar-refractivity contribution >= 4 is 11.6 Å². The van der Waals surface area contributed by atoms with Crippen LogP contribution < -0.4 is 5.43 Å². The van der Waals surface area contributed by atoms with Crippen molar-refractivity contribution in [1.82, 2.24) is 10.4 Å². The molecule has 1 unspecified atom stereocenters. The Kier molecular flexibility index (Phi) is 3.84. The molecule has 1 atom stereocenters. The van der Waals surface area contributed by atoms with Crippen LogP contribution in [0, 0.1) is 0 Å². The number of nitrogens with one attached hydrogen (secondary N) is 1. The molecule has 0 spiro atoms.